The molecule has 0 atom stereocenters. The molecule has 2 N–H and O–H groups in total. The Kier molecular flexibility index (Phi) is 4.05. The van der Waals surface area contributed by atoms with Crippen LogP contribution in [0.25, 0.3) is 0 Å². The molecule has 0 aliphatic rings. The predicted molar refractivity (Wildman–Crippen MR) is 59.0 cm³/mol. The number of hydrogen-bond acceptors (Lipinski definition) is 4. The van der Waals surface area contributed by atoms with Crippen LogP contribution in [0.5, 0.6) is 17.2 Å². The molecule has 84 valence electrons. The summed E-state index contributed by atoms with van der Waals surface area (Å²) in [6, 6.07) is 1.66. The maximum atomic E-state index is 6.03. The number of ether oxygens (including phenoxy) is 3. The van der Waals surface area contributed by atoms with Crippen molar-refractivity contribution in [2.75, 3.05) is 21.3 Å². The quantitative estimate of drug-likeness (QED) is 0.859. The van der Waals surface area contributed by atoms with Crippen molar-refractivity contribution >= 4 is 11.6 Å². The van der Waals surface area contributed by atoms with E-state index in [1.54, 1.807) is 6.07 Å². The number of halogens is 1. The van der Waals surface area contributed by atoms with Crippen LogP contribution in [-0.4, -0.2) is 21.3 Å². The van der Waals surface area contributed by atoms with Crippen LogP contribution in [0.4, 0.5) is 0 Å². The molecule has 0 spiro atoms. The first kappa shape index (κ1) is 11.9. The third kappa shape index (κ3) is 2.11. The molecule has 15 heavy (non-hydrogen) atoms. The van der Waals surface area contributed by atoms with Gasteiger partial charge in [0.2, 0.25) is 5.75 Å². The minimum absolute atomic E-state index is 0.280. The second-order valence-corrected chi connectivity index (χ2v) is 3.22. The van der Waals surface area contributed by atoms with E-state index in [-0.39, 0.29) is 6.54 Å². The van der Waals surface area contributed by atoms with Gasteiger partial charge < -0.3 is 19.9 Å². The average molecular weight is 232 g/mol. The molecule has 0 aliphatic heterocycles. The largest absolute Gasteiger partial charge is 0.493 e. The molecule has 0 radical (unpaired) electrons. The smallest absolute Gasteiger partial charge is 0.203 e. The summed E-state index contributed by atoms with van der Waals surface area (Å²) < 4.78 is 15.5. The van der Waals surface area contributed by atoms with E-state index >= 15 is 0 Å². The van der Waals surface area contributed by atoms with Gasteiger partial charge in [0.25, 0.3) is 0 Å². The molecule has 1 rings (SSSR count). The number of methoxy groups -OCH3 is 3. The van der Waals surface area contributed by atoms with Gasteiger partial charge in [-0.05, 0) is 0 Å². The van der Waals surface area contributed by atoms with E-state index in [9.17, 15) is 0 Å². The van der Waals surface area contributed by atoms with Crippen LogP contribution in [0.15, 0.2) is 6.07 Å². The Bertz CT molecular complexity index is 355. The van der Waals surface area contributed by atoms with Crippen molar-refractivity contribution in [1.29, 1.82) is 0 Å². The molecule has 0 saturated carbocycles. The monoisotopic (exact) mass is 231 g/mol. The first-order valence-electron chi connectivity index (χ1n) is 4.37. The molecule has 0 aromatic heterocycles. The number of nitrogens with two attached hydrogens (primary N) is 1. The highest BCUT2D eigenvalue weighted by Gasteiger charge is 2.18. The van der Waals surface area contributed by atoms with Gasteiger partial charge in [-0.3, -0.25) is 0 Å². The van der Waals surface area contributed by atoms with Crippen molar-refractivity contribution in [2.45, 2.75) is 6.54 Å². The van der Waals surface area contributed by atoms with Gasteiger partial charge in [0.15, 0.2) is 11.5 Å². The maximum Gasteiger partial charge on any atom is 0.203 e. The Morgan fingerprint density at radius 3 is 2.13 bits per heavy atom. The SMILES string of the molecule is COc1cc(Cl)c(CN)c(OC)c1OC. The lowest BCUT2D eigenvalue weighted by Gasteiger charge is -2.16. The van der Waals surface area contributed by atoms with Gasteiger partial charge in [-0.15, -0.1) is 0 Å². The fourth-order valence-electron chi connectivity index (χ4n) is 1.38. The second kappa shape index (κ2) is 5.09. The van der Waals surface area contributed by atoms with Gasteiger partial charge in [-0.1, -0.05) is 11.6 Å². The fraction of sp³-hybridized carbons (Fsp3) is 0.400. The van der Waals surface area contributed by atoms with Crippen molar-refractivity contribution in [2.24, 2.45) is 5.73 Å². The zero-order valence-electron chi connectivity index (χ0n) is 8.96. The molecule has 0 heterocycles. The van der Waals surface area contributed by atoms with Gasteiger partial charge >= 0.3 is 0 Å². The fourth-order valence-corrected chi connectivity index (χ4v) is 1.64. The maximum absolute atomic E-state index is 6.03. The van der Waals surface area contributed by atoms with Crippen molar-refractivity contribution in [1.82, 2.24) is 0 Å². The summed E-state index contributed by atoms with van der Waals surface area (Å²) in [4.78, 5) is 0. The van der Waals surface area contributed by atoms with E-state index in [0.717, 1.165) is 0 Å². The number of rotatable bonds is 4. The Morgan fingerprint density at radius 1 is 1.13 bits per heavy atom. The van der Waals surface area contributed by atoms with E-state index in [1.165, 1.54) is 21.3 Å². The third-order valence-corrected chi connectivity index (χ3v) is 2.42. The first-order chi connectivity index (χ1) is 7.19. The minimum Gasteiger partial charge on any atom is -0.493 e. The molecule has 5 heteroatoms. The molecule has 0 amide bonds. The Balaban J connectivity index is 3.44. The van der Waals surface area contributed by atoms with E-state index in [0.29, 0.717) is 27.8 Å². The minimum atomic E-state index is 0.280. The molecule has 0 unspecified atom stereocenters. The lowest BCUT2D eigenvalue weighted by molar-refractivity contribution is 0.322. The molecule has 0 aliphatic carbocycles. The summed E-state index contributed by atoms with van der Waals surface area (Å²) in [5, 5.41) is 0.506. The molecule has 0 bridgehead atoms. The highest BCUT2D eigenvalue weighted by molar-refractivity contribution is 6.31. The van der Waals surface area contributed by atoms with Crippen LogP contribution in [0.2, 0.25) is 5.02 Å². The van der Waals surface area contributed by atoms with E-state index < -0.39 is 0 Å². The van der Waals surface area contributed by atoms with Crippen molar-refractivity contribution in [3.8, 4) is 17.2 Å². The number of hydrogen-bond donors (Lipinski definition) is 1. The molecule has 1 aromatic carbocycles. The standard InChI is InChI=1S/C10H14ClNO3/c1-13-8-4-7(11)6(5-12)9(14-2)10(8)15-3/h4H,5,12H2,1-3H3. The van der Waals surface area contributed by atoms with Gasteiger partial charge in [0.1, 0.15) is 0 Å². The van der Waals surface area contributed by atoms with Gasteiger partial charge in [0, 0.05) is 18.2 Å². The topological polar surface area (TPSA) is 53.7 Å². The summed E-state index contributed by atoms with van der Waals surface area (Å²) in [7, 11) is 4.61. The van der Waals surface area contributed by atoms with Gasteiger partial charge in [-0.25, -0.2) is 0 Å². The lowest BCUT2D eigenvalue weighted by atomic mass is 10.1. The molecule has 0 fully saturated rings. The third-order valence-electron chi connectivity index (χ3n) is 2.08. The van der Waals surface area contributed by atoms with Crippen LogP contribution in [-0.2, 0) is 6.54 Å². The zero-order valence-corrected chi connectivity index (χ0v) is 9.72. The van der Waals surface area contributed by atoms with Crippen LogP contribution >= 0.6 is 11.6 Å². The van der Waals surface area contributed by atoms with Crippen molar-refractivity contribution in [3.05, 3.63) is 16.7 Å². The molecular weight excluding hydrogens is 218 g/mol. The second-order valence-electron chi connectivity index (χ2n) is 2.81. The first-order valence-corrected chi connectivity index (χ1v) is 4.74. The van der Waals surface area contributed by atoms with E-state index in [4.69, 9.17) is 31.5 Å². The summed E-state index contributed by atoms with van der Waals surface area (Å²) in [5.74, 6) is 1.55. The summed E-state index contributed by atoms with van der Waals surface area (Å²) in [6.45, 7) is 0.280. The van der Waals surface area contributed by atoms with Crippen molar-refractivity contribution in [3.63, 3.8) is 0 Å². The molecule has 4 nitrogen and oxygen atoms in total. The van der Waals surface area contributed by atoms with E-state index in [1.807, 2.05) is 0 Å². The number of benzene rings is 1. The van der Waals surface area contributed by atoms with Crippen LogP contribution in [0.1, 0.15) is 5.56 Å². The van der Waals surface area contributed by atoms with Gasteiger partial charge in [-0.2, -0.15) is 0 Å². The summed E-state index contributed by atoms with van der Waals surface area (Å²) in [6.07, 6.45) is 0. The Morgan fingerprint density at radius 2 is 1.73 bits per heavy atom. The van der Waals surface area contributed by atoms with Gasteiger partial charge in [0.05, 0.1) is 26.4 Å². The Labute approximate surface area is 93.9 Å². The summed E-state index contributed by atoms with van der Waals surface area (Å²) in [5.41, 5.74) is 6.29. The molecule has 1 aromatic rings. The summed E-state index contributed by atoms with van der Waals surface area (Å²) >= 11 is 6.03. The predicted octanol–water partition coefficient (Wildman–Crippen LogP) is 1.82. The molecular formula is C10H14ClNO3. The highest BCUT2D eigenvalue weighted by atomic mass is 35.5. The normalized spacial score (nSPS) is 9.93. The average Bonchev–Trinajstić information content (AvgIpc) is 2.27. The lowest BCUT2D eigenvalue weighted by Crippen LogP contribution is -2.04. The van der Waals surface area contributed by atoms with E-state index in [2.05, 4.69) is 0 Å². The van der Waals surface area contributed by atoms with Crippen LogP contribution in [0, 0.1) is 0 Å². The highest BCUT2D eigenvalue weighted by Crippen LogP contribution is 2.43. The van der Waals surface area contributed by atoms with Crippen molar-refractivity contribution < 1.29 is 14.2 Å². The Hall–Kier alpha value is -1.13. The van der Waals surface area contributed by atoms with Crippen LogP contribution < -0.4 is 19.9 Å². The molecule has 0 saturated heterocycles. The van der Waals surface area contributed by atoms with Crippen LogP contribution in [0.3, 0.4) is 0 Å². The zero-order chi connectivity index (χ0) is 11.4.